The smallest absolute Gasteiger partial charge is 0.298 e. The van der Waals surface area contributed by atoms with Crippen molar-refractivity contribution in [2.45, 2.75) is 6.18 Å². The molecule has 0 saturated carbocycles. The van der Waals surface area contributed by atoms with E-state index >= 15 is 0 Å². The van der Waals surface area contributed by atoms with Crippen LogP contribution < -0.4 is 0 Å². The predicted octanol–water partition coefficient (Wildman–Crippen LogP) is 3.23. The van der Waals surface area contributed by atoms with Crippen molar-refractivity contribution in [3.63, 3.8) is 0 Å². The minimum absolute atomic E-state index is 0.363. The van der Waals surface area contributed by atoms with Gasteiger partial charge in [-0.1, -0.05) is 12.1 Å². The lowest BCUT2D eigenvalue weighted by Crippen LogP contribution is -2.04. The standard InChI is InChI=1S/C14H8F3N3O/c15-14(16,17)11-5-3-9(4-6-11)12-18-19-13-10(8-21)2-1-7-20(12)13/h1-8H. The molecule has 106 valence electrons. The van der Waals surface area contributed by atoms with E-state index in [-0.39, 0.29) is 0 Å². The molecule has 0 atom stereocenters. The molecule has 0 amide bonds. The van der Waals surface area contributed by atoms with Crippen molar-refractivity contribution < 1.29 is 18.0 Å². The fraction of sp³-hybridized carbons (Fsp3) is 0.0714. The van der Waals surface area contributed by atoms with Gasteiger partial charge in [-0.05, 0) is 24.3 Å². The van der Waals surface area contributed by atoms with E-state index in [4.69, 9.17) is 0 Å². The van der Waals surface area contributed by atoms with Gasteiger partial charge in [-0.3, -0.25) is 9.20 Å². The Morgan fingerprint density at radius 3 is 2.38 bits per heavy atom. The Balaban J connectivity index is 2.11. The fourth-order valence-electron chi connectivity index (χ4n) is 2.03. The lowest BCUT2D eigenvalue weighted by Gasteiger charge is -2.07. The summed E-state index contributed by atoms with van der Waals surface area (Å²) in [5.41, 5.74) is 0.484. The number of alkyl halides is 3. The molecule has 1 aromatic carbocycles. The van der Waals surface area contributed by atoms with Crippen LogP contribution in [0.15, 0.2) is 42.6 Å². The number of hydrogen-bond acceptors (Lipinski definition) is 3. The first-order chi connectivity index (χ1) is 10.0. The van der Waals surface area contributed by atoms with Crippen LogP contribution in [-0.2, 0) is 6.18 Å². The van der Waals surface area contributed by atoms with Gasteiger partial charge in [0.25, 0.3) is 0 Å². The SMILES string of the molecule is O=Cc1cccn2c(-c3ccc(C(F)(F)F)cc3)nnc12. The maximum atomic E-state index is 12.5. The molecule has 3 rings (SSSR count). The minimum atomic E-state index is -4.38. The van der Waals surface area contributed by atoms with Gasteiger partial charge in [-0.25, -0.2) is 0 Å². The van der Waals surface area contributed by atoms with Crippen LogP contribution in [0.4, 0.5) is 13.2 Å². The second-order valence-corrected chi connectivity index (χ2v) is 4.37. The van der Waals surface area contributed by atoms with Crippen LogP contribution in [0.1, 0.15) is 15.9 Å². The van der Waals surface area contributed by atoms with Crippen LogP contribution in [0.2, 0.25) is 0 Å². The molecule has 0 aliphatic carbocycles. The molecular formula is C14H8F3N3O. The largest absolute Gasteiger partial charge is 0.416 e. The predicted molar refractivity (Wildman–Crippen MR) is 68.8 cm³/mol. The number of rotatable bonds is 2. The number of aldehydes is 1. The molecule has 0 aliphatic rings. The van der Waals surface area contributed by atoms with Gasteiger partial charge in [0.15, 0.2) is 17.8 Å². The number of halogens is 3. The molecule has 0 saturated heterocycles. The molecule has 0 fully saturated rings. The highest BCUT2D eigenvalue weighted by molar-refractivity contribution is 5.84. The lowest BCUT2D eigenvalue weighted by molar-refractivity contribution is -0.137. The van der Waals surface area contributed by atoms with E-state index in [0.29, 0.717) is 28.9 Å². The van der Waals surface area contributed by atoms with Crippen LogP contribution in [0.3, 0.4) is 0 Å². The molecule has 0 N–H and O–H groups in total. The van der Waals surface area contributed by atoms with Gasteiger partial charge < -0.3 is 0 Å². The highest BCUT2D eigenvalue weighted by atomic mass is 19.4. The summed E-state index contributed by atoms with van der Waals surface area (Å²) < 4.78 is 39.2. The molecule has 21 heavy (non-hydrogen) atoms. The van der Waals surface area contributed by atoms with E-state index in [0.717, 1.165) is 12.1 Å². The van der Waals surface area contributed by atoms with Crippen LogP contribution in [-0.4, -0.2) is 20.9 Å². The fourth-order valence-corrected chi connectivity index (χ4v) is 2.03. The topological polar surface area (TPSA) is 47.3 Å². The second kappa shape index (κ2) is 4.69. The summed E-state index contributed by atoms with van der Waals surface area (Å²) in [4.78, 5) is 10.9. The summed E-state index contributed by atoms with van der Waals surface area (Å²) in [6.07, 6.45) is -2.08. The number of benzene rings is 1. The van der Waals surface area contributed by atoms with Crippen molar-refractivity contribution >= 4 is 11.9 Å². The van der Waals surface area contributed by atoms with Crippen molar-refractivity contribution in [1.29, 1.82) is 0 Å². The van der Waals surface area contributed by atoms with Gasteiger partial charge in [-0.15, -0.1) is 10.2 Å². The zero-order valence-corrected chi connectivity index (χ0v) is 10.5. The van der Waals surface area contributed by atoms with Crippen LogP contribution >= 0.6 is 0 Å². The van der Waals surface area contributed by atoms with Crippen molar-refractivity contribution in [1.82, 2.24) is 14.6 Å². The Hall–Kier alpha value is -2.70. The summed E-state index contributed by atoms with van der Waals surface area (Å²) in [6.45, 7) is 0. The summed E-state index contributed by atoms with van der Waals surface area (Å²) >= 11 is 0. The number of aromatic nitrogens is 3. The lowest BCUT2D eigenvalue weighted by atomic mass is 10.1. The van der Waals surface area contributed by atoms with Crippen LogP contribution in [0.25, 0.3) is 17.0 Å². The first-order valence-electron chi connectivity index (χ1n) is 5.97. The number of nitrogens with zero attached hydrogens (tertiary/aromatic N) is 3. The third kappa shape index (κ3) is 2.26. The molecule has 2 aromatic heterocycles. The minimum Gasteiger partial charge on any atom is -0.298 e. The van der Waals surface area contributed by atoms with Gasteiger partial charge in [0.2, 0.25) is 0 Å². The van der Waals surface area contributed by atoms with E-state index in [2.05, 4.69) is 10.2 Å². The average Bonchev–Trinajstić information content (AvgIpc) is 2.90. The Morgan fingerprint density at radius 1 is 1.05 bits per heavy atom. The van der Waals surface area contributed by atoms with Crippen molar-refractivity contribution in [3.8, 4) is 11.4 Å². The Bertz CT molecular complexity index is 806. The first-order valence-corrected chi connectivity index (χ1v) is 5.97. The number of carbonyl (C=O) groups is 1. The zero-order chi connectivity index (χ0) is 15.0. The summed E-state index contributed by atoms with van der Waals surface area (Å²) in [6, 6.07) is 7.86. The molecule has 4 nitrogen and oxygen atoms in total. The van der Waals surface area contributed by atoms with Crippen molar-refractivity contribution in [2.75, 3.05) is 0 Å². The monoisotopic (exact) mass is 291 g/mol. The summed E-state index contributed by atoms with van der Waals surface area (Å²) in [7, 11) is 0. The summed E-state index contributed by atoms with van der Waals surface area (Å²) in [5, 5.41) is 7.84. The molecule has 0 radical (unpaired) electrons. The number of pyridine rings is 1. The van der Waals surface area contributed by atoms with Gasteiger partial charge in [0.05, 0.1) is 11.1 Å². The molecule has 3 aromatic rings. The maximum absolute atomic E-state index is 12.5. The average molecular weight is 291 g/mol. The van der Waals surface area contributed by atoms with Gasteiger partial charge in [0, 0.05) is 11.8 Å². The Kier molecular flexibility index (Phi) is 2.97. The molecule has 0 bridgehead atoms. The quantitative estimate of drug-likeness (QED) is 0.681. The molecule has 7 heteroatoms. The van der Waals surface area contributed by atoms with E-state index in [1.807, 2.05) is 0 Å². The van der Waals surface area contributed by atoms with E-state index in [1.54, 1.807) is 22.7 Å². The third-order valence-electron chi connectivity index (χ3n) is 3.06. The van der Waals surface area contributed by atoms with Crippen LogP contribution in [0, 0.1) is 0 Å². The molecule has 0 unspecified atom stereocenters. The second-order valence-electron chi connectivity index (χ2n) is 4.37. The van der Waals surface area contributed by atoms with Gasteiger partial charge in [0.1, 0.15) is 0 Å². The number of hydrogen-bond donors (Lipinski definition) is 0. The van der Waals surface area contributed by atoms with Crippen LogP contribution in [0.5, 0.6) is 0 Å². The molecular weight excluding hydrogens is 283 g/mol. The number of fused-ring (bicyclic) bond motifs is 1. The normalized spacial score (nSPS) is 11.8. The maximum Gasteiger partial charge on any atom is 0.416 e. The van der Waals surface area contributed by atoms with E-state index in [1.165, 1.54) is 12.1 Å². The van der Waals surface area contributed by atoms with Crippen molar-refractivity contribution in [3.05, 3.63) is 53.7 Å². The van der Waals surface area contributed by atoms with Crippen molar-refractivity contribution in [2.24, 2.45) is 0 Å². The third-order valence-corrected chi connectivity index (χ3v) is 3.06. The highest BCUT2D eigenvalue weighted by Gasteiger charge is 2.30. The van der Waals surface area contributed by atoms with Gasteiger partial charge in [-0.2, -0.15) is 13.2 Å². The first kappa shape index (κ1) is 13.3. The zero-order valence-electron chi connectivity index (χ0n) is 10.5. The highest BCUT2D eigenvalue weighted by Crippen LogP contribution is 2.30. The molecule has 2 heterocycles. The van der Waals surface area contributed by atoms with Gasteiger partial charge >= 0.3 is 6.18 Å². The number of carbonyl (C=O) groups excluding carboxylic acids is 1. The summed E-state index contributed by atoms with van der Waals surface area (Å²) in [5.74, 6) is 0.377. The molecule has 0 aliphatic heterocycles. The van der Waals surface area contributed by atoms with E-state index < -0.39 is 11.7 Å². The Morgan fingerprint density at radius 2 is 1.76 bits per heavy atom. The Labute approximate surface area is 116 Å². The molecule has 0 spiro atoms. The van der Waals surface area contributed by atoms with E-state index in [9.17, 15) is 18.0 Å².